The lowest BCUT2D eigenvalue weighted by molar-refractivity contribution is -0.158. The number of carbonyl (C=O) groups excluding carboxylic acids is 1. The van der Waals surface area contributed by atoms with Gasteiger partial charge in [0.25, 0.3) is 0 Å². The Morgan fingerprint density at radius 1 is 1.00 bits per heavy atom. The standard InChI is InChI=1S/C23H25ClO4/c1-13-7-8-14(16-10-9-15(24)12-18(16)27-6)11-17(13)19-20(25)22(2,3)28-23(4,5)21(19)26/h7-12,25H,1-6H3. The van der Waals surface area contributed by atoms with Crippen LogP contribution in [0.15, 0.2) is 42.2 Å². The van der Waals surface area contributed by atoms with Crippen molar-refractivity contribution in [3.8, 4) is 16.9 Å². The second-order valence-electron chi connectivity index (χ2n) is 8.05. The second-order valence-corrected chi connectivity index (χ2v) is 8.49. The molecular weight excluding hydrogens is 376 g/mol. The minimum absolute atomic E-state index is 0.0554. The van der Waals surface area contributed by atoms with E-state index in [2.05, 4.69) is 0 Å². The Bertz CT molecular complexity index is 986. The van der Waals surface area contributed by atoms with Crippen molar-refractivity contribution >= 4 is 23.0 Å². The van der Waals surface area contributed by atoms with Gasteiger partial charge < -0.3 is 14.6 Å². The zero-order valence-electron chi connectivity index (χ0n) is 17.0. The van der Waals surface area contributed by atoms with E-state index in [1.54, 1.807) is 46.9 Å². The molecule has 0 aliphatic carbocycles. The van der Waals surface area contributed by atoms with Crippen LogP contribution in [0.4, 0.5) is 0 Å². The van der Waals surface area contributed by atoms with Gasteiger partial charge in [-0.05, 0) is 75.6 Å². The van der Waals surface area contributed by atoms with Crippen molar-refractivity contribution in [2.75, 3.05) is 7.11 Å². The summed E-state index contributed by atoms with van der Waals surface area (Å²) in [4.78, 5) is 13.1. The van der Waals surface area contributed by atoms with Crippen LogP contribution in [-0.4, -0.2) is 29.2 Å². The summed E-state index contributed by atoms with van der Waals surface area (Å²) in [6, 6.07) is 11.2. The molecule has 28 heavy (non-hydrogen) atoms. The molecule has 2 aromatic rings. The fourth-order valence-electron chi connectivity index (χ4n) is 3.65. The summed E-state index contributed by atoms with van der Waals surface area (Å²) in [5.41, 5.74) is 1.59. The summed E-state index contributed by atoms with van der Waals surface area (Å²) >= 11 is 6.08. The molecule has 0 aromatic heterocycles. The van der Waals surface area contributed by atoms with Crippen LogP contribution in [0, 0.1) is 6.92 Å². The van der Waals surface area contributed by atoms with Gasteiger partial charge in [0.2, 0.25) is 0 Å². The van der Waals surface area contributed by atoms with E-state index >= 15 is 0 Å². The van der Waals surface area contributed by atoms with E-state index < -0.39 is 11.2 Å². The van der Waals surface area contributed by atoms with Gasteiger partial charge >= 0.3 is 0 Å². The van der Waals surface area contributed by atoms with Crippen molar-refractivity contribution in [1.82, 2.24) is 0 Å². The first-order chi connectivity index (χ1) is 13.0. The summed E-state index contributed by atoms with van der Waals surface area (Å²) in [6.07, 6.45) is 0. The smallest absolute Gasteiger partial charge is 0.198 e. The lowest BCUT2D eigenvalue weighted by atomic mass is 9.81. The largest absolute Gasteiger partial charge is 0.508 e. The maximum atomic E-state index is 13.1. The van der Waals surface area contributed by atoms with Gasteiger partial charge in [-0.15, -0.1) is 0 Å². The van der Waals surface area contributed by atoms with E-state index in [1.807, 2.05) is 31.2 Å². The highest BCUT2D eigenvalue weighted by Crippen LogP contribution is 2.42. The molecule has 3 rings (SSSR count). The van der Waals surface area contributed by atoms with Crippen molar-refractivity contribution < 1.29 is 19.4 Å². The zero-order valence-corrected chi connectivity index (χ0v) is 17.8. The molecule has 1 aliphatic rings. The number of aliphatic hydroxyl groups is 1. The Morgan fingerprint density at radius 2 is 1.68 bits per heavy atom. The highest BCUT2D eigenvalue weighted by atomic mass is 35.5. The van der Waals surface area contributed by atoms with Gasteiger partial charge in [0.15, 0.2) is 5.78 Å². The Labute approximate surface area is 170 Å². The topological polar surface area (TPSA) is 55.8 Å². The SMILES string of the molecule is COc1cc(Cl)ccc1-c1ccc(C)c(C2=C(O)C(C)(C)OC(C)(C)C2=O)c1. The van der Waals surface area contributed by atoms with Crippen LogP contribution in [0.5, 0.6) is 5.75 Å². The predicted octanol–water partition coefficient (Wildman–Crippen LogP) is 5.75. The zero-order chi connectivity index (χ0) is 20.9. The average molecular weight is 401 g/mol. The molecule has 148 valence electrons. The van der Waals surface area contributed by atoms with Crippen LogP contribution >= 0.6 is 11.6 Å². The van der Waals surface area contributed by atoms with Gasteiger partial charge in [-0.3, -0.25) is 4.79 Å². The van der Waals surface area contributed by atoms with E-state index in [0.717, 1.165) is 16.7 Å². The molecule has 1 aliphatic heterocycles. The first-order valence-corrected chi connectivity index (χ1v) is 9.49. The first-order valence-electron chi connectivity index (χ1n) is 9.11. The number of methoxy groups -OCH3 is 1. The van der Waals surface area contributed by atoms with Gasteiger partial charge in [0.05, 0.1) is 12.7 Å². The van der Waals surface area contributed by atoms with E-state index in [4.69, 9.17) is 21.1 Å². The molecular formula is C23H25ClO4. The van der Waals surface area contributed by atoms with E-state index in [1.165, 1.54) is 0 Å². The number of carbonyl (C=O) groups is 1. The summed E-state index contributed by atoms with van der Waals surface area (Å²) in [7, 11) is 1.59. The van der Waals surface area contributed by atoms with Crippen LogP contribution < -0.4 is 4.74 Å². The van der Waals surface area contributed by atoms with Crippen LogP contribution in [0.3, 0.4) is 0 Å². The lowest BCUT2D eigenvalue weighted by Gasteiger charge is -2.40. The van der Waals surface area contributed by atoms with E-state index in [0.29, 0.717) is 21.9 Å². The molecule has 0 bridgehead atoms. The van der Waals surface area contributed by atoms with Crippen LogP contribution in [0.25, 0.3) is 16.7 Å². The third-order valence-corrected chi connectivity index (χ3v) is 5.31. The van der Waals surface area contributed by atoms with Crippen molar-refractivity contribution in [3.63, 3.8) is 0 Å². The number of aliphatic hydroxyl groups excluding tert-OH is 1. The maximum absolute atomic E-state index is 13.1. The molecule has 2 aromatic carbocycles. The number of hydrogen-bond donors (Lipinski definition) is 1. The van der Waals surface area contributed by atoms with Crippen LogP contribution in [-0.2, 0) is 9.53 Å². The summed E-state index contributed by atoms with van der Waals surface area (Å²) in [5.74, 6) is 0.340. The molecule has 0 amide bonds. The van der Waals surface area contributed by atoms with Crippen molar-refractivity contribution in [2.45, 2.75) is 45.8 Å². The quantitative estimate of drug-likeness (QED) is 0.712. The number of benzene rings is 2. The Hall–Kier alpha value is -2.30. The molecule has 0 saturated carbocycles. The summed E-state index contributed by atoms with van der Waals surface area (Å²) < 4.78 is 11.3. The molecule has 0 saturated heterocycles. The number of ether oxygens (including phenoxy) is 2. The second kappa shape index (κ2) is 6.94. The lowest BCUT2D eigenvalue weighted by Crippen LogP contribution is -2.49. The molecule has 5 heteroatoms. The Morgan fingerprint density at radius 3 is 2.32 bits per heavy atom. The number of halogens is 1. The molecule has 0 fully saturated rings. The highest BCUT2D eigenvalue weighted by Gasteiger charge is 2.47. The van der Waals surface area contributed by atoms with E-state index in [9.17, 15) is 9.90 Å². The normalized spacial score (nSPS) is 18.3. The highest BCUT2D eigenvalue weighted by molar-refractivity contribution is 6.30. The minimum Gasteiger partial charge on any atom is -0.508 e. The third-order valence-electron chi connectivity index (χ3n) is 5.07. The van der Waals surface area contributed by atoms with Gasteiger partial charge in [-0.2, -0.15) is 0 Å². The fraction of sp³-hybridized carbons (Fsp3) is 0.348. The first kappa shape index (κ1) is 20.4. The number of ketones is 1. The number of rotatable bonds is 3. The van der Waals surface area contributed by atoms with Gasteiger partial charge in [0, 0.05) is 10.6 Å². The molecule has 0 unspecified atom stereocenters. The van der Waals surface area contributed by atoms with Crippen molar-refractivity contribution in [3.05, 3.63) is 58.3 Å². The Kier molecular flexibility index (Phi) is 5.07. The number of Topliss-reactive ketones (excluding diaryl/α,β-unsaturated/α-hetero) is 1. The average Bonchev–Trinajstić information content (AvgIpc) is 2.61. The van der Waals surface area contributed by atoms with Gasteiger partial charge in [-0.1, -0.05) is 23.7 Å². The molecule has 1 heterocycles. The van der Waals surface area contributed by atoms with E-state index in [-0.39, 0.29) is 11.5 Å². The molecule has 0 radical (unpaired) electrons. The molecule has 4 nitrogen and oxygen atoms in total. The third kappa shape index (κ3) is 3.43. The molecule has 0 atom stereocenters. The monoisotopic (exact) mass is 400 g/mol. The predicted molar refractivity (Wildman–Crippen MR) is 112 cm³/mol. The fourth-order valence-corrected chi connectivity index (χ4v) is 3.82. The van der Waals surface area contributed by atoms with Gasteiger partial charge in [-0.25, -0.2) is 0 Å². The Balaban J connectivity index is 2.24. The maximum Gasteiger partial charge on any atom is 0.198 e. The molecule has 1 N–H and O–H groups in total. The minimum atomic E-state index is -1.04. The van der Waals surface area contributed by atoms with Gasteiger partial charge in [0.1, 0.15) is 22.7 Å². The number of aryl methyl sites for hydroxylation is 1. The van der Waals surface area contributed by atoms with Crippen molar-refractivity contribution in [2.24, 2.45) is 0 Å². The van der Waals surface area contributed by atoms with Crippen LogP contribution in [0.1, 0.15) is 38.8 Å². The number of hydrogen-bond acceptors (Lipinski definition) is 4. The van der Waals surface area contributed by atoms with Crippen LogP contribution in [0.2, 0.25) is 5.02 Å². The summed E-state index contributed by atoms with van der Waals surface area (Å²) in [5, 5.41) is 11.4. The molecule has 0 spiro atoms. The summed E-state index contributed by atoms with van der Waals surface area (Å²) in [6.45, 7) is 8.90. The van der Waals surface area contributed by atoms with Crippen molar-refractivity contribution in [1.29, 1.82) is 0 Å².